The normalized spacial score (nSPS) is 14.4. The Balaban J connectivity index is 1.38. The third-order valence-corrected chi connectivity index (χ3v) is 7.60. The van der Waals surface area contributed by atoms with Gasteiger partial charge in [0.25, 0.3) is 0 Å². The Hall–Kier alpha value is -5.31. The van der Waals surface area contributed by atoms with Gasteiger partial charge in [-0.2, -0.15) is 0 Å². The molecule has 0 aliphatic heterocycles. The molecule has 7 N–H and O–H groups in total. The van der Waals surface area contributed by atoms with Gasteiger partial charge >= 0.3 is 0 Å². The number of amides is 1. The molecule has 0 saturated carbocycles. The number of pyridine rings is 1. The molecule has 1 aliphatic rings. The third-order valence-electron chi connectivity index (χ3n) is 7.60. The number of nitrogens with one attached hydrogen (secondary N) is 3. The molecule has 0 bridgehead atoms. The number of imidazole rings is 1. The fourth-order valence-corrected chi connectivity index (χ4v) is 5.52. The first-order valence-corrected chi connectivity index (χ1v) is 13.0. The van der Waals surface area contributed by atoms with Gasteiger partial charge in [-0.3, -0.25) is 4.79 Å². The zero-order chi connectivity index (χ0) is 27.8. The number of carbonyl (C=O) groups is 1. The molecular formula is C31H28N8O. The fraction of sp³-hybridized carbons (Fsp3) is 0.129. The number of fused-ring (bicyclic) bond motifs is 3. The molecule has 1 amide bonds. The van der Waals surface area contributed by atoms with Crippen LogP contribution in [0.25, 0.3) is 27.8 Å². The standard InChI is InChI=1S/C31H28N8O/c32-15-20-13-18(2-8-26(20)34)30-24-14-19(1-7-23(24)29-25(16-33)27(35)9-10-28(29)38-30)31(40)37-21-3-5-22(6-4-21)39-12-11-36-17-39/h2-6,8-13,15-17,19,32-33H,1,7,14,34-35H2,(H,37,40). The number of carbonyl (C=O) groups excluding carboxylic acids is 1. The minimum atomic E-state index is -0.265. The minimum absolute atomic E-state index is 0.0515. The van der Waals surface area contributed by atoms with Crippen LogP contribution in [0.15, 0.2) is 73.3 Å². The van der Waals surface area contributed by atoms with Crippen LogP contribution in [0.3, 0.4) is 0 Å². The Morgan fingerprint density at radius 2 is 1.80 bits per heavy atom. The second-order valence-electron chi connectivity index (χ2n) is 9.96. The molecule has 9 heteroatoms. The van der Waals surface area contributed by atoms with Crippen LogP contribution in [0.4, 0.5) is 17.1 Å². The summed E-state index contributed by atoms with van der Waals surface area (Å²) < 4.78 is 1.90. The van der Waals surface area contributed by atoms with Crippen molar-refractivity contribution in [3.8, 4) is 16.9 Å². The van der Waals surface area contributed by atoms with Gasteiger partial charge < -0.3 is 32.2 Å². The van der Waals surface area contributed by atoms with Crippen molar-refractivity contribution in [2.75, 3.05) is 16.8 Å². The Morgan fingerprint density at radius 3 is 2.52 bits per heavy atom. The van der Waals surface area contributed by atoms with Crippen molar-refractivity contribution in [1.82, 2.24) is 14.5 Å². The molecule has 0 spiro atoms. The predicted octanol–water partition coefficient (Wildman–Crippen LogP) is 4.99. The van der Waals surface area contributed by atoms with Crippen LogP contribution in [-0.4, -0.2) is 32.9 Å². The first-order chi connectivity index (χ1) is 19.5. The van der Waals surface area contributed by atoms with Gasteiger partial charge in [0, 0.05) is 75.6 Å². The lowest BCUT2D eigenvalue weighted by molar-refractivity contribution is -0.120. The van der Waals surface area contributed by atoms with Crippen molar-refractivity contribution in [1.29, 1.82) is 10.8 Å². The maximum absolute atomic E-state index is 13.5. The summed E-state index contributed by atoms with van der Waals surface area (Å²) in [4.78, 5) is 22.6. The van der Waals surface area contributed by atoms with E-state index in [0.29, 0.717) is 41.8 Å². The summed E-state index contributed by atoms with van der Waals surface area (Å²) in [7, 11) is 0. The quantitative estimate of drug-likeness (QED) is 0.155. The molecule has 40 heavy (non-hydrogen) atoms. The molecule has 0 saturated heterocycles. The fourth-order valence-electron chi connectivity index (χ4n) is 5.52. The van der Waals surface area contributed by atoms with Gasteiger partial charge in [-0.05, 0) is 78.9 Å². The molecule has 1 aliphatic carbocycles. The van der Waals surface area contributed by atoms with E-state index >= 15 is 0 Å². The molecule has 1 unspecified atom stereocenters. The van der Waals surface area contributed by atoms with Crippen LogP contribution in [0.1, 0.15) is 28.7 Å². The summed E-state index contributed by atoms with van der Waals surface area (Å²) in [6, 6.07) is 16.8. The lowest BCUT2D eigenvalue weighted by Crippen LogP contribution is -2.29. The van der Waals surface area contributed by atoms with Gasteiger partial charge in [0.2, 0.25) is 5.91 Å². The lowest BCUT2D eigenvalue weighted by atomic mass is 9.79. The molecular weight excluding hydrogens is 500 g/mol. The maximum atomic E-state index is 13.5. The highest BCUT2D eigenvalue weighted by Gasteiger charge is 2.30. The Morgan fingerprint density at radius 1 is 1.00 bits per heavy atom. The highest BCUT2D eigenvalue weighted by atomic mass is 16.1. The SMILES string of the molecule is N=Cc1cc(-c2nc3ccc(N)c(C=N)c3c3c2CC(C(=O)Nc2ccc(-n4ccnc4)cc2)CC3)ccc1N. The monoisotopic (exact) mass is 528 g/mol. The Bertz CT molecular complexity index is 1770. The van der Waals surface area contributed by atoms with Crippen molar-refractivity contribution in [2.24, 2.45) is 5.92 Å². The summed E-state index contributed by atoms with van der Waals surface area (Å²) in [5.74, 6) is -0.316. The zero-order valence-electron chi connectivity index (χ0n) is 21.7. The Kier molecular flexibility index (Phi) is 6.31. The second kappa shape index (κ2) is 10.1. The van der Waals surface area contributed by atoms with Gasteiger partial charge in [-0.15, -0.1) is 0 Å². The van der Waals surface area contributed by atoms with E-state index < -0.39 is 0 Å². The van der Waals surface area contributed by atoms with Crippen molar-refractivity contribution in [3.05, 3.63) is 95.6 Å². The van der Waals surface area contributed by atoms with E-state index in [0.717, 1.165) is 44.7 Å². The van der Waals surface area contributed by atoms with E-state index in [2.05, 4.69) is 10.3 Å². The third kappa shape index (κ3) is 4.37. The number of nitrogens with two attached hydrogens (primary N) is 2. The molecule has 3 aromatic carbocycles. The molecule has 5 aromatic rings. The highest BCUT2D eigenvalue weighted by Crippen LogP contribution is 2.39. The van der Waals surface area contributed by atoms with Crippen molar-refractivity contribution >= 4 is 46.3 Å². The summed E-state index contributed by atoms with van der Waals surface area (Å²) in [5.41, 5.74) is 20.6. The van der Waals surface area contributed by atoms with Gasteiger partial charge in [-0.1, -0.05) is 6.07 Å². The average Bonchev–Trinajstić information content (AvgIpc) is 3.52. The number of hydrogen-bond donors (Lipinski definition) is 5. The number of anilines is 3. The largest absolute Gasteiger partial charge is 0.398 e. The number of aromatic nitrogens is 3. The molecule has 0 radical (unpaired) electrons. The van der Waals surface area contributed by atoms with Crippen LogP contribution in [-0.2, 0) is 17.6 Å². The first-order valence-electron chi connectivity index (χ1n) is 13.0. The van der Waals surface area contributed by atoms with Gasteiger partial charge in [-0.25, -0.2) is 9.97 Å². The number of nitrogens with zero attached hydrogens (tertiary/aromatic N) is 3. The van der Waals surface area contributed by atoms with Gasteiger partial charge in [0.15, 0.2) is 0 Å². The van der Waals surface area contributed by atoms with E-state index in [9.17, 15) is 4.79 Å². The maximum Gasteiger partial charge on any atom is 0.227 e. The number of aryl methyl sites for hydroxylation is 1. The molecule has 1 atom stereocenters. The number of hydrogen-bond acceptors (Lipinski definition) is 7. The van der Waals surface area contributed by atoms with Crippen LogP contribution < -0.4 is 16.8 Å². The second-order valence-corrected chi connectivity index (χ2v) is 9.96. The zero-order valence-corrected chi connectivity index (χ0v) is 21.7. The van der Waals surface area contributed by atoms with Crippen LogP contribution >= 0.6 is 0 Å². The molecule has 9 nitrogen and oxygen atoms in total. The summed E-state index contributed by atoms with van der Waals surface area (Å²) in [5, 5.41) is 19.7. The topological polar surface area (TPSA) is 160 Å². The molecule has 2 aromatic heterocycles. The van der Waals surface area contributed by atoms with E-state index in [1.807, 2.05) is 53.2 Å². The van der Waals surface area contributed by atoms with Crippen LogP contribution in [0, 0.1) is 16.7 Å². The van der Waals surface area contributed by atoms with E-state index in [-0.39, 0.29) is 11.8 Å². The molecule has 6 rings (SSSR count). The lowest BCUT2D eigenvalue weighted by Gasteiger charge is -2.28. The van der Waals surface area contributed by atoms with Crippen LogP contribution in [0.5, 0.6) is 0 Å². The van der Waals surface area contributed by atoms with Gasteiger partial charge in [0.05, 0.1) is 17.5 Å². The Labute approximate surface area is 230 Å². The summed E-state index contributed by atoms with van der Waals surface area (Å²) in [6.07, 6.45) is 9.62. The summed E-state index contributed by atoms with van der Waals surface area (Å²) >= 11 is 0. The average molecular weight is 529 g/mol. The highest BCUT2D eigenvalue weighted by molar-refractivity contribution is 6.06. The number of nitrogen functional groups attached to an aromatic ring is 2. The van der Waals surface area contributed by atoms with Crippen molar-refractivity contribution in [3.63, 3.8) is 0 Å². The van der Waals surface area contributed by atoms with Crippen molar-refractivity contribution < 1.29 is 4.79 Å². The first kappa shape index (κ1) is 25.0. The predicted molar refractivity (Wildman–Crippen MR) is 159 cm³/mol. The van der Waals surface area contributed by atoms with E-state index in [1.165, 1.54) is 12.4 Å². The minimum Gasteiger partial charge on any atom is -0.398 e. The van der Waals surface area contributed by atoms with E-state index in [1.54, 1.807) is 24.7 Å². The van der Waals surface area contributed by atoms with Crippen molar-refractivity contribution in [2.45, 2.75) is 19.3 Å². The molecule has 2 heterocycles. The number of benzene rings is 3. The van der Waals surface area contributed by atoms with Crippen LogP contribution in [0.2, 0.25) is 0 Å². The number of rotatable bonds is 6. The summed E-state index contributed by atoms with van der Waals surface area (Å²) in [6.45, 7) is 0. The molecule has 0 fully saturated rings. The van der Waals surface area contributed by atoms with E-state index in [4.69, 9.17) is 27.3 Å². The molecule has 198 valence electrons. The smallest absolute Gasteiger partial charge is 0.227 e. The van der Waals surface area contributed by atoms with Gasteiger partial charge in [0.1, 0.15) is 0 Å².